The SMILES string of the molecule is O=C(/C=C\c1ccc(OCCCO)cc1)Nc1nc(-c2ccc(F)cc2)cs1. The summed E-state index contributed by atoms with van der Waals surface area (Å²) in [6, 6.07) is 13.3. The zero-order valence-corrected chi connectivity index (χ0v) is 15.8. The molecule has 144 valence electrons. The first kappa shape index (κ1) is 19.7. The number of nitrogens with zero attached hydrogens (tertiary/aromatic N) is 1. The molecule has 0 aliphatic rings. The summed E-state index contributed by atoms with van der Waals surface area (Å²) >= 11 is 1.30. The molecule has 0 saturated carbocycles. The van der Waals surface area contributed by atoms with Crippen LogP contribution < -0.4 is 10.1 Å². The van der Waals surface area contributed by atoms with Crippen LogP contribution in [0.1, 0.15) is 12.0 Å². The van der Waals surface area contributed by atoms with E-state index in [1.807, 2.05) is 29.6 Å². The predicted molar refractivity (Wildman–Crippen MR) is 109 cm³/mol. The van der Waals surface area contributed by atoms with Gasteiger partial charge in [0.05, 0.1) is 12.3 Å². The van der Waals surface area contributed by atoms with Crippen molar-refractivity contribution in [3.8, 4) is 17.0 Å². The average molecular weight is 398 g/mol. The molecule has 2 N–H and O–H groups in total. The van der Waals surface area contributed by atoms with Crippen molar-refractivity contribution in [2.75, 3.05) is 18.5 Å². The topological polar surface area (TPSA) is 71.5 Å². The molecule has 28 heavy (non-hydrogen) atoms. The number of ether oxygens (including phenoxy) is 1. The summed E-state index contributed by atoms with van der Waals surface area (Å²) in [6.07, 6.45) is 3.71. The molecule has 0 spiro atoms. The normalized spacial score (nSPS) is 10.9. The maximum Gasteiger partial charge on any atom is 0.250 e. The minimum absolute atomic E-state index is 0.0976. The largest absolute Gasteiger partial charge is 0.494 e. The van der Waals surface area contributed by atoms with Gasteiger partial charge in [-0.3, -0.25) is 10.1 Å². The van der Waals surface area contributed by atoms with Crippen LogP contribution >= 0.6 is 11.3 Å². The third-order valence-electron chi connectivity index (χ3n) is 3.75. The number of benzene rings is 2. The van der Waals surface area contributed by atoms with Crippen molar-refractivity contribution in [1.29, 1.82) is 0 Å². The van der Waals surface area contributed by atoms with Crippen molar-refractivity contribution in [1.82, 2.24) is 4.98 Å². The van der Waals surface area contributed by atoms with Crippen LogP contribution in [-0.4, -0.2) is 29.2 Å². The number of carbonyl (C=O) groups is 1. The summed E-state index contributed by atoms with van der Waals surface area (Å²) in [7, 11) is 0. The summed E-state index contributed by atoms with van der Waals surface area (Å²) in [5.74, 6) is 0.122. The Bertz CT molecular complexity index is 937. The Morgan fingerprint density at radius 1 is 1.18 bits per heavy atom. The van der Waals surface area contributed by atoms with E-state index >= 15 is 0 Å². The molecule has 5 nitrogen and oxygen atoms in total. The molecule has 1 heterocycles. The Labute approximate surface area is 166 Å². The fraction of sp³-hybridized carbons (Fsp3) is 0.143. The van der Waals surface area contributed by atoms with Gasteiger partial charge in [0.25, 0.3) is 0 Å². The number of anilines is 1. The lowest BCUT2D eigenvalue weighted by molar-refractivity contribution is -0.111. The molecule has 1 amide bonds. The number of aromatic nitrogens is 1. The standard InChI is InChI=1S/C21H19FN2O3S/c22-17-7-5-16(6-8-17)19-14-28-21(23-19)24-20(26)11-4-15-2-9-18(10-3-15)27-13-1-12-25/h2-11,14,25H,1,12-13H2,(H,23,24,26)/b11-4-. The molecule has 3 rings (SSSR count). The van der Waals surface area contributed by atoms with Gasteiger partial charge in [0.2, 0.25) is 5.91 Å². The third kappa shape index (κ3) is 5.73. The minimum atomic E-state index is -0.303. The maximum absolute atomic E-state index is 13.0. The summed E-state index contributed by atoms with van der Waals surface area (Å²) in [4.78, 5) is 16.4. The second-order valence-corrected chi connectivity index (χ2v) is 6.72. The van der Waals surface area contributed by atoms with Crippen LogP contribution in [0.2, 0.25) is 0 Å². The number of aliphatic hydroxyl groups excluding tert-OH is 1. The van der Waals surface area contributed by atoms with Crippen LogP contribution in [0.3, 0.4) is 0 Å². The van der Waals surface area contributed by atoms with Crippen molar-refractivity contribution in [2.45, 2.75) is 6.42 Å². The molecule has 7 heteroatoms. The first-order valence-corrected chi connectivity index (χ1v) is 9.56. The van der Waals surface area contributed by atoms with Gasteiger partial charge < -0.3 is 9.84 Å². The van der Waals surface area contributed by atoms with Crippen molar-refractivity contribution < 1.29 is 19.0 Å². The van der Waals surface area contributed by atoms with E-state index in [9.17, 15) is 9.18 Å². The quantitative estimate of drug-likeness (QED) is 0.437. The van der Waals surface area contributed by atoms with Crippen LogP contribution in [0.5, 0.6) is 5.75 Å². The first-order chi connectivity index (χ1) is 13.6. The molecule has 0 atom stereocenters. The summed E-state index contributed by atoms with van der Waals surface area (Å²) in [5.41, 5.74) is 2.33. The Hall–Kier alpha value is -3.03. The number of thiazole rings is 1. The van der Waals surface area contributed by atoms with Crippen LogP contribution in [0.15, 0.2) is 60.0 Å². The number of halogens is 1. The highest BCUT2D eigenvalue weighted by Crippen LogP contribution is 2.25. The monoisotopic (exact) mass is 398 g/mol. The van der Waals surface area contributed by atoms with Crippen molar-refractivity contribution >= 4 is 28.5 Å². The van der Waals surface area contributed by atoms with Crippen LogP contribution in [0.4, 0.5) is 9.52 Å². The number of hydrogen-bond acceptors (Lipinski definition) is 5. The Morgan fingerprint density at radius 2 is 1.93 bits per heavy atom. The number of rotatable bonds is 8. The molecule has 0 saturated heterocycles. The number of nitrogens with one attached hydrogen (secondary N) is 1. The van der Waals surface area contributed by atoms with Crippen molar-refractivity contribution in [3.63, 3.8) is 0 Å². The maximum atomic E-state index is 13.0. The molecule has 3 aromatic rings. The number of hydrogen-bond donors (Lipinski definition) is 2. The molecule has 1 aromatic heterocycles. The van der Waals surface area contributed by atoms with E-state index in [0.717, 1.165) is 11.1 Å². The molecule has 2 aromatic carbocycles. The second kappa shape index (κ2) is 9.77. The lowest BCUT2D eigenvalue weighted by Gasteiger charge is -2.04. The van der Waals surface area contributed by atoms with Gasteiger partial charge in [-0.15, -0.1) is 11.3 Å². The summed E-state index contributed by atoms with van der Waals surface area (Å²) in [5, 5.41) is 13.7. The van der Waals surface area contributed by atoms with Crippen LogP contribution in [0, 0.1) is 5.82 Å². The number of carbonyl (C=O) groups excluding carboxylic acids is 1. The van der Waals surface area contributed by atoms with Gasteiger partial charge in [0, 0.05) is 30.0 Å². The van der Waals surface area contributed by atoms with Gasteiger partial charge in [0.1, 0.15) is 11.6 Å². The molecule has 0 fully saturated rings. The third-order valence-corrected chi connectivity index (χ3v) is 4.51. The summed E-state index contributed by atoms with van der Waals surface area (Å²) < 4.78 is 18.5. The van der Waals surface area contributed by atoms with E-state index < -0.39 is 0 Å². The minimum Gasteiger partial charge on any atom is -0.494 e. The van der Waals surface area contributed by atoms with Gasteiger partial charge in [-0.05, 0) is 48.0 Å². The van der Waals surface area contributed by atoms with E-state index in [4.69, 9.17) is 9.84 Å². The van der Waals surface area contributed by atoms with E-state index in [0.29, 0.717) is 29.6 Å². The first-order valence-electron chi connectivity index (χ1n) is 8.68. The highest BCUT2D eigenvalue weighted by Gasteiger charge is 2.06. The fourth-order valence-corrected chi connectivity index (χ4v) is 3.06. The van der Waals surface area contributed by atoms with Crippen LogP contribution in [0.25, 0.3) is 17.3 Å². The van der Waals surface area contributed by atoms with E-state index in [1.54, 1.807) is 18.2 Å². The Kier molecular flexibility index (Phi) is 6.89. The average Bonchev–Trinajstić information content (AvgIpc) is 3.16. The molecule has 0 aliphatic heterocycles. The van der Waals surface area contributed by atoms with Crippen LogP contribution in [-0.2, 0) is 4.79 Å². The fourth-order valence-electron chi connectivity index (χ4n) is 2.33. The van der Waals surface area contributed by atoms with E-state index in [-0.39, 0.29) is 18.3 Å². The molecule has 0 unspecified atom stereocenters. The molecule has 0 bridgehead atoms. The van der Waals surface area contributed by atoms with E-state index in [2.05, 4.69) is 10.3 Å². The molecular weight excluding hydrogens is 379 g/mol. The predicted octanol–water partition coefficient (Wildman–Crippen LogP) is 4.36. The Morgan fingerprint density at radius 3 is 2.64 bits per heavy atom. The molecule has 0 radical (unpaired) electrons. The smallest absolute Gasteiger partial charge is 0.250 e. The van der Waals surface area contributed by atoms with Gasteiger partial charge in [-0.2, -0.15) is 0 Å². The number of amides is 1. The lowest BCUT2D eigenvalue weighted by Crippen LogP contribution is -2.07. The zero-order chi connectivity index (χ0) is 19.8. The lowest BCUT2D eigenvalue weighted by atomic mass is 10.2. The second-order valence-electron chi connectivity index (χ2n) is 5.86. The van der Waals surface area contributed by atoms with Crippen molar-refractivity contribution in [2.24, 2.45) is 0 Å². The van der Waals surface area contributed by atoms with Crippen molar-refractivity contribution in [3.05, 3.63) is 71.4 Å². The van der Waals surface area contributed by atoms with Gasteiger partial charge in [-0.1, -0.05) is 12.1 Å². The number of aliphatic hydroxyl groups is 1. The van der Waals surface area contributed by atoms with E-state index in [1.165, 1.54) is 29.5 Å². The molecule has 0 aliphatic carbocycles. The zero-order valence-electron chi connectivity index (χ0n) is 15.0. The highest BCUT2D eigenvalue weighted by molar-refractivity contribution is 7.14. The van der Waals surface area contributed by atoms with Gasteiger partial charge in [-0.25, -0.2) is 9.37 Å². The molecular formula is C21H19FN2O3S. The van der Waals surface area contributed by atoms with Gasteiger partial charge in [0.15, 0.2) is 5.13 Å². The Balaban J connectivity index is 1.54. The van der Waals surface area contributed by atoms with Gasteiger partial charge >= 0.3 is 0 Å². The highest BCUT2D eigenvalue weighted by atomic mass is 32.1. The summed E-state index contributed by atoms with van der Waals surface area (Å²) in [6.45, 7) is 0.558.